The van der Waals surface area contributed by atoms with E-state index in [4.69, 9.17) is 0 Å². The summed E-state index contributed by atoms with van der Waals surface area (Å²) >= 11 is 1.46. The van der Waals surface area contributed by atoms with Crippen LogP contribution in [0.3, 0.4) is 0 Å². The fourth-order valence-corrected chi connectivity index (χ4v) is 3.63. The van der Waals surface area contributed by atoms with Crippen LogP contribution in [0.4, 0.5) is 5.82 Å². The first kappa shape index (κ1) is 16.8. The molecule has 0 bridgehead atoms. The first-order chi connectivity index (χ1) is 11.6. The number of nitrogens with one attached hydrogen (secondary N) is 1. The number of pyridine rings is 1. The third-order valence-electron chi connectivity index (χ3n) is 4.09. The normalized spacial score (nSPS) is 15.1. The molecule has 2 aromatic rings. The van der Waals surface area contributed by atoms with Crippen molar-refractivity contribution >= 4 is 23.5 Å². The number of aromatic nitrogens is 4. The van der Waals surface area contributed by atoms with Crippen molar-refractivity contribution in [2.45, 2.75) is 25.0 Å². The van der Waals surface area contributed by atoms with E-state index in [1.165, 1.54) is 11.8 Å². The Balaban J connectivity index is 1.49. The summed E-state index contributed by atoms with van der Waals surface area (Å²) in [6, 6.07) is 6.34. The molecule has 8 heteroatoms. The predicted octanol–water partition coefficient (Wildman–Crippen LogP) is 1.11. The van der Waals surface area contributed by atoms with Crippen molar-refractivity contribution < 1.29 is 9.78 Å². The highest BCUT2D eigenvalue weighted by molar-refractivity contribution is 7.99. The highest BCUT2D eigenvalue weighted by Gasteiger charge is 2.26. The van der Waals surface area contributed by atoms with E-state index in [0.29, 0.717) is 11.8 Å². The fraction of sp³-hybridized carbons (Fsp3) is 0.500. The molecule has 1 aliphatic rings. The molecule has 1 N–H and O–H groups in total. The van der Waals surface area contributed by atoms with Gasteiger partial charge in [0, 0.05) is 12.1 Å². The van der Waals surface area contributed by atoms with Crippen LogP contribution in [0.15, 0.2) is 35.9 Å². The molecule has 1 amide bonds. The largest absolute Gasteiger partial charge is 0.334 e. The van der Waals surface area contributed by atoms with Gasteiger partial charge in [-0.25, -0.2) is 4.98 Å². The van der Waals surface area contributed by atoms with E-state index in [9.17, 15) is 4.79 Å². The minimum Gasteiger partial charge on any atom is -0.334 e. The maximum absolute atomic E-state index is 12.4. The molecule has 2 aromatic heterocycles. The van der Waals surface area contributed by atoms with Crippen LogP contribution in [0, 0.1) is 0 Å². The summed E-state index contributed by atoms with van der Waals surface area (Å²) < 4.78 is 1.99. The lowest BCUT2D eigenvalue weighted by atomic mass is 10.3. The fourth-order valence-electron chi connectivity index (χ4n) is 2.68. The number of piperazine rings is 1. The molecule has 0 unspecified atom stereocenters. The third-order valence-corrected chi connectivity index (χ3v) is 5.03. The number of carbonyl (C=O) groups excluding carboxylic acids is 1. The molecule has 128 valence electrons. The number of rotatable bonds is 5. The highest BCUT2D eigenvalue weighted by atomic mass is 32.2. The number of carbonyl (C=O) groups is 1. The number of H-pyrrole nitrogens is 1. The molecule has 24 heavy (non-hydrogen) atoms. The minimum absolute atomic E-state index is 0.162. The van der Waals surface area contributed by atoms with Gasteiger partial charge in [-0.3, -0.25) is 9.69 Å². The summed E-state index contributed by atoms with van der Waals surface area (Å²) in [6.07, 6.45) is 3.64. The predicted molar refractivity (Wildman–Crippen MR) is 92.9 cm³/mol. The molecule has 1 fully saturated rings. The number of hydrogen-bond acceptors (Lipinski definition) is 5. The number of amides is 1. The molecule has 1 saturated heterocycles. The summed E-state index contributed by atoms with van der Waals surface area (Å²) in [4.78, 5) is 19.9. The van der Waals surface area contributed by atoms with Crippen LogP contribution in [0.1, 0.15) is 19.9 Å². The first-order valence-electron chi connectivity index (χ1n) is 8.17. The second-order valence-corrected chi connectivity index (χ2v) is 6.96. The van der Waals surface area contributed by atoms with E-state index < -0.39 is 0 Å². The molecule has 3 rings (SSSR count). The number of nitrogens with zero attached hydrogens (tertiary/aromatic N) is 5. The van der Waals surface area contributed by atoms with Gasteiger partial charge in [-0.15, -0.1) is 10.2 Å². The van der Waals surface area contributed by atoms with Crippen molar-refractivity contribution in [3.05, 3.63) is 30.7 Å². The zero-order valence-corrected chi connectivity index (χ0v) is 14.9. The van der Waals surface area contributed by atoms with Gasteiger partial charge in [0.1, 0.15) is 19.4 Å². The molecule has 0 atom stereocenters. The van der Waals surface area contributed by atoms with Crippen LogP contribution in [-0.4, -0.2) is 57.5 Å². The van der Waals surface area contributed by atoms with Crippen molar-refractivity contribution in [3.8, 4) is 0 Å². The van der Waals surface area contributed by atoms with Crippen molar-refractivity contribution in [3.63, 3.8) is 0 Å². The first-order valence-corrected chi connectivity index (χ1v) is 9.15. The summed E-state index contributed by atoms with van der Waals surface area (Å²) in [5, 5.41) is 8.84. The van der Waals surface area contributed by atoms with Crippen LogP contribution in [-0.2, 0) is 4.79 Å². The Morgan fingerprint density at radius 1 is 1.29 bits per heavy atom. The quantitative estimate of drug-likeness (QED) is 0.758. The summed E-state index contributed by atoms with van der Waals surface area (Å²) in [5.41, 5.74) is 0. The number of thioether (sulfide) groups is 1. The zero-order chi connectivity index (χ0) is 16.9. The Bertz CT molecular complexity index is 666. The minimum atomic E-state index is 0.162. The third kappa shape index (κ3) is 3.87. The average molecular weight is 347 g/mol. The smallest absolute Gasteiger partial charge is 0.274 e. The van der Waals surface area contributed by atoms with Crippen LogP contribution < -0.4 is 9.88 Å². The van der Waals surface area contributed by atoms with Gasteiger partial charge in [0.05, 0.1) is 25.0 Å². The van der Waals surface area contributed by atoms with E-state index in [1.54, 1.807) is 6.33 Å². The van der Waals surface area contributed by atoms with Crippen LogP contribution in [0.5, 0.6) is 0 Å². The average Bonchev–Trinajstić information content (AvgIpc) is 3.09. The van der Waals surface area contributed by atoms with Gasteiger partial charge in [-0.05, 0) is 19.9 Å². The molecule has 1 aliphatic heterocycles. The van der Waals surface area contributed by atoms with Crippen LogP contribution >= 0.6 is 11.8 Å². The summed E-state index contributed by atoms with van der Waals surface area (Å²) in [6.45, 7) is 7.35. The molecule has 7 nitrogen and oxygen atoms in total. The number of aromatic amines is 1. The molecule has 0 saturated carbocycles. The van der Waals surface area contributed by atoms with Crippen LogP contribution in [0.2, 0.25) is 0 Å². The van der Waals surface area contributed by atoms with Gasteiger partial charge in [-0.2, -0.15) is 0 Å². The van der Waals surface area contributed by atoms with Gasteiger partial charge in [-0.1, -0.05) is 17.8 Å². The van der Waals surface area contributed by atoms with Gasteiger partial charge >= 0.3 is 0 Å². The Morgan fingerprint density at radius 3 is 2.75 bits per heavy atom. The number of hydrogen-bond donors (Lipinski definition) is 0. The maximum Gasteiger partial charge on any atom is 0.274 e. The lowest BCUT2D eigenvalue weighted by Crippen LogP contribution is -2.50. The molecular formula is C16H23N6OS+. The zero-order valence-electron chi connectivity index (χ0n) is 14.1. The maximum atomic E-state index is 12.4. The van der Waals surface area contributed by atoms with E-state index >= 15 is 0 Å². The van der Waals surface area contributed by atoms with Crippen molar-refractivity contribution in [2.75, 3.05) is 36.8 Å². The monoisotopic (exact) mass is 347 g/mol. The summed E-state index contributed by atoms with van der Waals surface area (Å²) in [5.74, 6) is 1.67. The van der Waals surface area contributed by atoms with E-state index in [0.717, 1.165) is 37.2 Å². The molecular weight excluding hydrogens is 324 g/mol. The molecule has 0 spiro atoms. The van der Waals surface area contributed by atoms with Gasteiger partial charge in [0.2, 0.25) is 5.91 Å². The van der Waals surface area contributed by atoms with Gasteiger partial charge in [0.15, 0.2) is 5.16 Å². The number of anilines is 1. The Labute approximate surface area is 146 Å². The Kier molecular flexibility index (Phi) is 5.34. The highest BCUT2D eigenvalue weighted by Crippen LogP contribution is 2.19. The SMILES string of the molecule is CC(C)n1cnnc1SCC(=O)N1CCN(c2cccc[nH+]2)CC1. The van der Waals surface area contributed by atoms with E-state index in [2.05, 4.69) is 40.0 Å². The van der Waals surface area contributed by atoms with Crippen molar-refractivity contribution in [1.82, 2.24) is 19.7 Å². The Morgan fingerprint density at radius 2 is 2.08 bits per heavy atom. The van der Waals surface area contributed by atoms with Crippen LogP contribution in [0.25, 0.3) is 0 Å². The molecule has 0 aromatic carbocycles. The van der Waals surface area contributed by atoms with Crippen molar-refractivity contribution in [2.24, 2.45) is 0 Å². The van der Waals surface area contributed by atoms with Crippen molar-refractivity contribution in [1.29, 1.82) is 0 Å². The van der Waals surface area contributed by atoms with Gasteiger partial charge in [0.25, 0.3) is 5.82 Å². The van der Waals surface area contributed by atoms with E-state index in [1.807, 2.05) is 27.8 Å². The Hall–Kier alpha value is -2.09. The topological polar surface area (TPSA) is 68.4 Å². The lowest BCUT2D eigenvalue weighted by Gasteiger charge is -2.30. The second-order valence-electron chi connectivity index (χ2n) is 6.02. The standard InChI is InChI=1S/C16H22N6OS/c1-13(2)22-12-18-19-16(22)24-11-15(23)21-9-7-20(8-10-21)14-5-3-4-6-17-14/h3-6,12-13H,7-11H2,1-2H3/p+1. The van der Waals surface area contributed by atoms with Gasteiger partial charge < -0.3 is 9.47 Å². The molecule has 3 heterocycles. The van der Waals surface area contributed by atoms with E-state index in [-0.39, 0.29) is 5.91 Å². The molecule has 0 radical (unpaired) electrons. The lowest BCUT2D eigenvalue weighted by molar-refractivity contribution is -0.364. The molecule has 0 aliphatic carbocycles. The summed E-state index contributed by atoms with van der Waals surface area (Å²) in [7, 11) is 0. The second kappa shape index (κ2) is 7.65.